The number of pyridine rings is 2. The molecule has 1 saturated heterocycles. The van der Waals surface area contributed by atoms with Crippen molar-refractivity contribution in [2.75, 3.05) is 35.8 Å². The number of nitrogens with zero attached hydrogens (tertiary/aromatic N) is 4. The van der Waals surface area contributed by atoms with Gasteiger partial charge in [0.05, 0.1) is 16.9 Å². The quantitative estimate of drug-likeness (QED) is 0.356. The van der Waals surface area contributed by atoms with Gasteiger partial charge in [-0.3, -0.25) is 19.5 Å². The lowest BCUT2D eigenvalue weighted by atomic mass is 10.0. The first-order valence-corrected chi connectivity index (χ1v) is 13.6. The van der Waals surface area contributed by atoms with Crippen molar-refractivity contribution in [3.63, 3.8) is 0 Å². The summed E-state index contributed by atoms with van der Waals surface area (Å²) in [4.78, 5) is 24.1. The van der Waals surface area contributed by atoms with Crippen LogP contribution in [0.15, 0.2) is 78.5 Å². The highest BCUT2D eigenvalue weighted by Crippen LogP contribution is 2.32. The smallest absolute Gasteiger partial charge is 0.264 e. The van der Waals surface area contributed by atoms with Crippen molar-refractivity contribution in [3.8, 4) is 11.1 Å². The van der Waals surface area contributed by atoms with Crippen LogP contribution in [0.3, 0.4) is 0 Å². The Morgan fingerprint density at radius 3 is 2.49 bits per heavy atom. The van der Waals surface area contributed by atoms with Gasteiger partial charge in [0.15, 0.2) is 0 Å². The van der Waals surface area contributed by atoms with Crippen LogP contribution in [0.2, 0.25) is 0 Å². The Labute approximate surface area is 224 Å². The molecule has 1 amide bonds. The molecule has 1 fully saturated rings. The molecule has 11 heteroatoms. The molecule has 0 atom stereocenters. The summed E-state index contributed by atoms with van der Waals surface area (Å²) >= 11 is 0. The maximum Gasteiger partial charge on any atom is 0.264 e. The second-order valence-electron chi connectivity index (χ2n) is 9.12. The molecule has 1 N–H and O–H groups in total. The summed E-state index contributed by atoms with van der Waals surface area (Å²) < 4.78 is 55.6. The molecule has 4 aromatic rings. The minimum Gasteiger partial charge on any atom is -0.367 e. The summed E-state index contributed by atoms with van der Waals surface area (Å²) in [5, 5.41) is 0.898. The predicted molar refractivity (Wildman–Crippen MR) is 146 cm³/mol. The third kappa shape index (κ3) is 5.30. The number of halogens is 2. The van der Waals surface area contributed by atoms with Crippen molar-refractivity contribution >= 4 is 38.2 Å². The first kappa shape index (κ1) is 26.2. The van der Waals surface area contributed by atoms with E-state index in [1.54, 1.807) is 30.3 Å². The molecule has 39 heavy (non-hydrogen) atoms. The molecule has 3 heterocycles. The van der Waals surface area contributed by atoms with Gasteiger partial charge in [0.2, 0.25) is 5.91 Å². The van der Waals surface area contributed by atoms with Gasteiger partial charge in [-0.15, -0.1) is 0 Å². The normalized spacial score (nSPS) is 13.9. The van der Waals surface area contributed by atoms with Crippen molar-refractivity contribution in [2.45, 2.75) is 11.8 Å². The number of carbonyl (C=O) groups is 1. The lowest BCUT2D eigenvalue weighted by molar-refractivity contribution is -0.126. The van der Waals surface area contributed by atoms with Gasteiger partial charge in [-0.05, 0) is 55.0 Å². The molecule has 2 aromatic carbocycles. The lowest BCUT2D eigenvalue weighted by Gasteiger charge is -2.36. The summed E-state index contributed by atoms with van der Waals surface area (Å²) in [7, 11) is -4.33. The maximum absolute atomic E-state index is 14.2. The van der Waals surface area contributed by atoms with Gasteiger partial charge < -0.3 is 9.80 Å². The van der Waals surface area contributed by atoms with E-state index in [1.807, 2.05) is 24.3 Å². The Morgan fingerprint density at radius 2 is 1.77 bits per heavy atom. The number of piperazine rings is 1. The molecule has 0 bridgehead atoms. The monoisotopic (exact) mass is 549 g/mol. The lowest BCUT2D eigenvalue weighted by Crippen LogP contribution is -2.48. The van der Waals surface area contributed by atoms with Crippen molar-refractivity contribution < 1.29 is 22.0 Å². The molecule has 200 valence electrons. The molecular weight excluding hydrogens is 524 g/mol. The zero-order valence-electron chi connectivity index (χ0n) is 21.1. The number of benzene rings is 2. The molecule has 0 spiro atoms. The fourth-order valence-corrected chi connectivity index (χ4v) is 5.74. The van der Waals surface area contributed by atoms with Crippen LogP contribution >= 0.6 is 0 Å². The number of fused-ring (bicyclic) bond motifs is 1. The molecule has 0 radical (unpaired) electrons. The average molecular weight is 550 g/mol. The zero-order valence-corrected chi connectivity index (χ0v) is 21.9. The number of nitrogens with one attached hydrogen (secondary N) is 1. The second kappa shape index (κ2) is 10.4. The second-order valence-corrected chi connectivity index (χ2v) is 10.8. The van der Waals surface area contributed by atoms with Gasteiger partial charge in [0.1, 0.15) is 16.5 Å². The Bertz CT molecular complexity index is 1700. The summed E-state index contributed by atoms with van der Waals surface area (Å²) in [6.07, 6.45) is 4.69. The Hall–Kier alpha value is -4.38. The van der Waals surface area contributed by atoms with Crippen LogP contribution in [-0.2, 0) is 14.8 Å². The van der Waals surface area contributed by atoms with E-state index in [0.29, 0.717) is 43.5 Å². The molecule has 0 saturated carbocycles. The van der Waals surface area contributed by atoms with Gasteiger partial charge in [0.25, 0.3) is 10.0 Å². The Kier molecular flexibility index (Phi) is 7.00. The summed E-state index contributed by atoms with van der Waals surface area (Å²) in [5.74, 6) is -2.14. The molecule has 0 aliphatic carbocycles. The van der Waals surface area contributed by atoms with Crippen LogP contribution in [0.4, 0.5) is 20.2 Å². The summed E-state index contributed by atoms with van der Waals surface area (Å²) in [5.41, 5.74) is 3.73. The molecule has 1 aliphatic heterocycles. The summed E-state index contributed by atoms with van der Waals surface area (Å²) in [6.45, 7) is 7.65. The zero-order chi connectivity index (χ0) is 27.7. The highest BCUT2D eigenvalue weighted by Gasteiger charge is 2.23. The standard InChI is InChI=1S/C28H25F2N5O3S/c1-3-28(36)35-12-10-34(11-13-35)26-8-9-31-24-6-4-19(14-22(24)26)20-15-25(18(2)32-17-20)33-39(37,38)27-7-5-21(29)16-23(27)30/h3-9,14-17,33H,1,10-13H2,2H3. The van der Waals surface area contributed by atoms with Crippen LogP contribution < -0.4 is 9.62 Å². The van der Waals surface area contributed by atoms with Crippen LogP contribution in [-0.4, -0.2) is 55.4 Å². The van der Waals surface area contributed by atoms with Crippen molar-refractivity contribution in [3.05, 3.63) is 90.9 Å². The van der Waals surface area contributed by atoms with Gasteiger partial charge >= 0.3 is 0 Å². The first-order valence-electron chi connectivity index (χ1n) is 12.2. The van der Waals surface area contributed by atoms with Crippen molar-refractivity contribution in [1.29, 1.82) is 0 Å². The number of anilines is 2. The fourth-order valence-electron chi connectivity index (χ4n) is 4.57. The highest BCUT2D eigenvalue weighted by molar-refractivity contribution is 7.92. The number of aryl methyl sites for hydroxylation is 1. The van der Waals surface area contributed by atoms with E-state index in [2.05, 4.69) is 26.2 Å². The number of sulfonamides is 1. The maximum atomic E-state index is 14.2. The number of carbonyl (C=O) groups excluding carboxylic acids is 1. The van der Waals surface area contributed by atoms with E-state index >= 15 is 0 Å². The highest BCUT2D eigenvalue weighted by atomic mass is 32.2. The number of hydrogen-bond donors (Lipinski definition) is 1. The minimum absolute atomic E-state index is 0.0861. The average Bonchev–Trinajstić information content (AvgIpc) is 2.93. The van der Waals surface area contributed by atoms with Gasteiger partial charge in [-0.1, -0.05) is 12.6 Å². The van der Waals surface area contributed by atoms with Gasteiger partial charge in [-0.2, -0.15) is 0 Å². The molecule has 1 aliphatic rings. The topological polar surface area (TPSA) is 95.5 Å². The summed E-state index contributed by atoms with van der Waals surface area (Å²) in [6, 6.07) is 11.5. The van der Waals surface area contributed by atoms with Crippen LogP contribution in [0, 0.1) is 18.6 Å². The number of aromatic nitrogens is 2. The van der Waals surface area contributed by atoms with Crippen molar-refractivity contribution in [2.24, 2.45) is 0 Å². The van der Waals surface area contributed by atoms with Gasteiger partial charge in [0, 0.05) is 61.3 Å². The molecular formula is C28H25F2N5O3S. The number of amides is 1. The van der Waals surface area contributed by atoms with E-state index in [0.717, 1.165) is 34.3 Å². The SMILES string of the molecule is C=CC(=O)N1CCN(c2ccnc3ccc(-c4cnc(C)c(NS(=O)(=O)c5ccc(F)cc5F)c4)cc23)CC1. The number of rotatable bonds is 6. The number of hydrogen-bond acceptors (Lipinski definition) is 6. The minimum atomic E-state index is -4.33. The third-order valence-corrected chi connectivity index (χ3v) is 8.07. The largest absolute Gasteiger partial charge is 0.367 e. The predicted octanol–water partition coefficient (Wildman–Crippen LogP) is 4.52. The van der Waals surface area contributed by atoms with E-state index in [1.165, 1.54) is 6.08 Å². The fraction of sp³-hybridized carbons (Fsp3) is 0.179. The molecule has 2 aromatic heterocycles. The first-order chi connectivity index (χ1) is 18.7. The Morgan fingerprint density at radius 1 is 1.00 bits per heavy atom. The van der Waals surface area contributed by atoms with E-state index in [9.17, 15) is 22.0 Å². The van der Waals surface area contributed by atoms with E-state index in [4.69, 9.17) is 0 Å². The van der Waals surface area contributed by atoms with Crippen LogP contribution in [0.25, 0.3) is 22.0 Å². The van der Waals surface area contributed by atoms with Crippen LogP contribution in [0.1, 0.15) is 5.69 Å². The van der Waals surface area contributed by atoms with Gasteiger partial charge in [-0.25, -0.2) is 17.2 Å². The molecule has 8 nitrogen and oxygen atoms in total. The van der Waals surface area contributed by atoms with E-state index in [-0.39, 0.29) is 11.6 Å². The third-order valence-electron chi connectivity index (χ3n) is 6.67. The van der Waals surface area contributed by atoms with Crippen LogP contribution in [0.5, 0.6) is 0 Å². The molecule has 0 unspecified atom stereocenters. The molecule has 5 rings (SSSR count). The Balaban J connectivity index is 1.47. The van der Waals surface area contributed by atoms with Crippen molar-refractivity contribution in [1.82, 2.24) is 14.9 Å². The van der Waals surface area contributed by atoms with E-state index < -0.39 is 26.6 Å².